The monoisotopic (exact) mass is 494 g/mol. The zero-order chi connectivity index (χ0) is 24.8. The molecule has 3 aromatic carbocycles. The summed E-state index contributed by atoms with van der Waals surface area (Å²) < 4.78 is 38.5. The Bertz CT molecular complexity index is 1270. The Hall–Kier alpha value is -3.20. The molecule has 0 unspecified atom stereocenters. The van der Waals surface area contributed by atoms with E-state index in [-0.39, 0.29) is 17.1 Å². The molecule has 1 fully saturated rings. The number of ether oxygens (including phenoxy) is 2. The van der Waals surface area contributed by atoms with Gasteiger partial charge in [-0.05, 0) is 36.8 Å². The van der Waals surface area contributed by atoms with E-state index in [4.69, 9.17) is 9.47 Å². The normalized spacial score (nSPS) is 15.4. The number of Topliss-reactive ketones (excluding diaryl/α,β-unsaturated/α-hetero) is 1. The number of nitrogens with zero attached hydrogens (tertiary/aromatic N) is 1. The van der Waals surface area contributed by atoms with E-state index in [9.17, 15) is 13.2 Å². The fourth-order valence-electron chi connectivity index (χ4n) is 4.18. The first kappa shape index (κ1) is 24.9. The molecule has 1 saturated heterocycles. The van der Waals surface area contributed by atoms with Crippen LogP contribution in [0.3, 0.4) is 0 Å². The second kappa shape index (κ2) is 11.0. The predicted molar refractivity (Wildman–Crippen MR) is 135 cm³/mol. The van der Waals surface area contributed by atoms with Crippen LogP contribution >= 0.6 is 0 Å². The zero-order valence-corrected chi connectivity index (χ0v) is 20.8. The standard InChI is InChI=1S/C27H30N2O5S/c1-20-11-12-26(33-2)22(17-20)18-25(30)27(21-7-4-3-5-8-21)28-23-9-6-10-24(19-23)35(31,32)29-13-15-34-16-14-29/h3-12,17,19,27-28H,13-16,18H2,1-2H3/t27-/m1/s1. The van der Waals surface area contributed by atoms with E-state index in [2.05, 4.69) is 5.32 Å². The number of carbonyl (C=O) groups is 1. The van der Waals surface area contributed by atoms with Gasteiger partial charge in [0.25, 0.3) is 0 Å². The minimum atomic E-state index is -3.66. The van der Waals surface area contributed by atoms with Crippen LogP contribution in [0.15, 0.2) is 77.7 Å². The van der Waals surface area contributed by atoms with Gasteiger partial charge in [-0.1, -0.05) is 54.1 Å². The van der Waals surface area contributed by atoms with Gasteiger partial charge >= 0.3 is 0 Å². The summed E-state index contributed by atoms with van der Waals surface area (Å²) in [5.41, 5.74) is 3.20. The molecule has 1 N–H and O–H groups in total. The minimum Gasteiger partial charge on any atom is -0.496 e. The number of methoxy groups -OCH3 is 1. The Balaban J connectivity index is 1.62. The van der Waals surface area contributed by atoms with E-state index in [0.717, 1.165) is 16.7 Å². The second-order valence-electron chi connectivity index (χ2n) is 8.49. The van der Waals surface area contributed by atoms with Gasteiger partial charge in [0.05, 0.1) is 25.2 Å². The summed E-state index contributed by atoms with van der Waals surface area (Å²) in [6.07, 6.45) is 0.170. The van der Waals surface area contributed by atoms with Crippen molar-refractivity contribution in [3.05, 3.63) is 89.5 Å². The molecular weight excluding hydrogens is 464 g/mol. The molecule has 0 radical (unpaired) electrons. The number of hydrogen-bond acceptors (Lipinski definition) is 6. The first-order chi connectivity index (χ1) is 16.9. The van der Waals surface area contributed by atoms with E-state index in [0.29, 0.717) is 37.7 Å². The average Bonchev–Trinajstić information content (AvgIpc) is 2.88. The summed E-state index contributed by atoms with van der Waals surface area (Å²) in [6.45, 7) is 3.38. The number of sulfonamides is 1. The highest BCUT2D eigenvalue weighted by atomic mass is 32.2. The van der Waals surface area contributed by atoms with Crippen molar-refractivity contribution in [3.63, 3.8) is 0 Å². The number of ketones is 1. The lowest BCUT2D eigenvalue weighted by Gasteiger charge is -2.26. The van der Waals surface area contributed by atoms with Crippen molar-refractivity contribution in [3.8, 4) is 5.75 Å². The largest absolute Gasteiger partial charge is 0.496 e. The van der Waals surface area contributed by atoms with Crippen LogP contribution in [0.2, 0.25) is 0 Å². The molecule has 0 aliphatic carbocycles. The number of morpholine rings is 1. The van der Waals surface area contributed by atoms with Gasteiger partial charge in [-0.3, -0.25) is 4.79 Å². The van der Waals surface area contributed by atoms with Crippen LogP contribution < -0.4 is 10.1 Å². The quantitative estimate of drug-likeness (QED) is 0.484. The molecule has 0 bridgehead atoms. The molecule has 3 aromatic rings. The molecule has 0 aromatic heterocycles. The first-order valence-electron chi connectivity index (χ1n) is 11.5. The first-order valence-corrected chi connectivity index (χ1v) is 13.0. The van der Waals surface area contributed by atoms with E-state index in [1.54, 1.807) is 31.4 Å². The summed E-state index contributed by atoms with van der Waals surface area (Å²) in [7, 11) is -2.07. The number of rotatable bonds is 9. The summed E-state index contributed by atoms with van der Waals surface area (Å²) in [4.78, 5) is 13.8. The third kappa shape index (κ3) is 5.90. The maximum atomic E-state index is 13.6. The summed E-state index contributed by atoms with van der Waals surface area (Å²) >= 11 is 0. The predicted octanol–water partition coefficient (Wildman–Crippen LogP) is 3.99. The fraction of sp³-hybridized carbons (Fsp3) is 0.296. The van der Waals surface area contributed by atoms with Crippen molar-refractivity contribution < 1.29 is 22.7 Å². The van der Waals surface area contributed by atoms with Crippen LogP contribution in [0.5, 0.6) is 5.75 Å². The molecule has 35 heavy (non-hydrogen) atoms. The van der Waals surface area contributed by atoms with Gasteiger partial charge in [-0.2, -0.15) is 4.31 Å². The third-order valence-corrected chi connectivity index (χ3v) is 7.90. The maximum Gasteiger partial charge on any atom is 0.243 e. The highest BCUT2D eigenvalue weighted by Crippen LogP contribution is 2.28. The van der Waals surface area contributed by atoms with Gasteiger partial charge in [-0.25, -0.2) is 8.42 Å². The molecule has 4 rings (SSSR count). The molecule has 1 heterocycles. The lowest BCUT2D eigenvalue weighted by atomic mass is 9.96. The van der Waals surface area contributed by atoms with Crippen molar-refractivity contribution in [2.24, 2.45) is 0 Å². The van der Waals surface area contributed by atoms with Crippen LogP contribution in [-0.4, -0.2) is 51.9 Å². The van der Waals surface area contributed by atoms with Crippen molar-refractivity contribution in [1.29, 1.82) is 0 Å². The smallest absolute Gasteiger partial charge is 0.243 e. The molecule has 1 aliphatic rings. The van der Waals surface area contributed by atoms with Gasteiger partial charge in [0, 0.05) is 30.8 Å². The Morgan fingerprint density at radius 1 is 1.03 bits per heavy atom. The number of nitrogens with one attached hydrogen (secondary N) is 1. The zero-order valence-electron chi connectivity index (χ0n) is 19.9. The van der Waals surface area contributed by atoms with Crippen LogP contribution in [0, 0.1) is 6.92 Å². The number of anilines is 1. The van der Waals surface area contributed by atoms with E-state index < -0.39 is 16.1 Å². The van der Waals surface area contributed by atoms with Gasteiger partial charge in [0.15, 0.2) is 5.78 Å². The van der Waals surface area contributed by atoms with Crippen LogP contribution in [0.1, 0.15) is 22.7 Å². The van der Waals surface area contributed by atoms with Crippen molar-refractivity contribution in [2.75, 3.05) is 38.7 Å². The summed E-state index contributed by atoms with van der Waals surface area (Å²) in [6, 6.07) is 21.1. The SMILES string of the molecule is COc1ccc(C)cc1CC(=O)[C@H](Nc1cccc(S(=O)(=O)N2CCOCC2)c1)c1ccccc1. The highest BCUT2D eigenvalue weighted by molar-refractivity contribution is 7.89. The van der Waals surface area contributed by atoms with Gasteiger partial charge in [0.2, 0.25) is 10.0 Å². The molecule has 0 amide bonds. The van der Waals surface area contributed by atoms with Crippen molar-refractivity contribution >= 4 is 21.5 Å². The molecule has 1 atom stereocenters. The molecule has 0 saturated carbocycles. The molecule has 8 heteroatoms. The van der Waals surface area contributed by atoms with E-state index >= 15 is 0 Å². The summed E-state index contributed by atoms with van der Waals surface area (Å²) in [5, 5.41) is 3.28. The Morgan fingerprint density at radius 3 is 2.49 bits per heavy atom. The molecule has 0 spiro atoms. The molecular formula is C27H30N2O5S. The highest BCUT2D eigenvalue weighted by Gasteiger charge is 2.27. The fourth-order valence-corrected chi connectivity index (χ4v) is 5.63. The van der Waals surface area contributed by atoms with Crippen LogP contribution in [0.4, 0.5) is 5.69 Å². The number of carbonyl (C=O) groups excluding carboxylic acids is 1. The van der Waals surface area contributed by atoms with Crippen LogP contribution in [-0.2, 0) is 26.0 Å². The Morgan fingerprint density at radius 2 is 1.77 bits per heavy atom. The Kier molecular flexibility index (Phi) is 7.85. The third-order valence-electron chi connectivity index (χ3n) is 6.01. The van der Waals surface area contributed by atoms with Crippen LogP contribution in [0.25, 0.3) is 0 Å². The second-order valence-corrected chi connectivity index (χ2v) is 10.4. The number of aryl methyl sites for hydroxylation is 1. The van der Waals surface area contributed by atoms with E-state index in [1.807, 2.05) is 55.5 Å². The topological polar surface area (TPSA) is 84.9 Å². The number of hydrogen-bond donors (Lipinski definition) is 1. The lowest BCUT2D eigenvalue weighted by molar-refractivity contribution is -0.119. The van der Waals surface area contributed by atoms with E-state index in [1.165, 1.54) is 4.31 Å². The molecule has 7 nitrogen and oxygen atoms in total. The average molecular weight is 495 g/mol. The lowest BCUT2D eigenvalue weighted by Crippen LogP contribution is -2.40. The molecule has 184 valence electrons. The summed E-state index contributed by atoms with van der Waals surface area (Å²) in [5.74, 6) is 0.607. The minimum absolute atomic E-state index is 0.0541. The van der Waals surface area contributed by atoms with Crippen molar-refractivity contribution in [1.82, 2.24) is 4.31 Å². The maximum absolute atomic E-state index is 13.6. The van der Waals surface area contributed by atoms with Gasteiger partial charge in [0.1, 0.15) is 11.8 Å². The Labute approximate surface area is 206 Å². The van der Waals surface area contributed by atoms with Crippen molar-refractivity contribution in [2.45, 2.75) is 24.3 Å². The molecule has 1 aliphatic heterocycles. The van der Waals surface area contributed by atoms with Gasteiger partial charge in [-0.15, -0.1) is 0 Å². The number of benzene rings is 3. The van der Waals surface area contributed by atoms with Gasteiger partial charge < -0.3 is 14.8 Å².